The average Bonchev–Trinajstić information content (AvgIpc) is 2.43. The number of hydrogen-bond acceptors (Lipinski definition) is 5. The van der Waals surface area contributed by atoms with E-state index in [-0.39, 0.29) is 18.0 Å². The molecular formula is C14H20ClN3O3. The first-order chi connectivity index (χ1) is 9.81. The van der Waals surface area contributed by atoms with Crippen molar-refractivity contribution in [3.63, 3.8) is 0 Å². The Morgan fingerprint density at radius 2 is 1.95 bits per heavy atom. The highest BCUT2D eigenvalue weighted by Crippen LogP contribution is 2.33. The number of methoxy groups -OCH3 is 1. The van der Waals surface area contributed by atoms with Crippen LogP contribution in [0, 0.1) is 0 Å². The van der Waals surface area contributed by atoms with E-state index in [0.29, 0.717) is 22.9 Å². The van der Waals surface area contributed by atoms with E-state index in [4.69, 9.17) is 22.1 Å². The van der Waals surface area contributed by atoms with Gasteiger partial charge in [0.25, 0.3) is 0 Å². The molecule has 0 radical (unpaired) electrons. The summed E-state index contributed by atoms with van der Waals surface area (Å²) in [6.45, 7) is 2.49. The van der Waals surface area contributed by atoms with Crippen LogP contribution in [0.5, 0.6) is 0 Å². The van der Waals surface area contributed by atoms with Crippen molar-refractivity contribution in [1.82, 2.24) is 4.90 Å². The molecule has 0 spiro atoms. The van der Waals surface area contributed by atoms with Crippen LogP contribution >= 0.6 is 11.6 Å². The molecule has 21 heavy (non-hydrogen) atoms. The van der Waals surface area contributed by atoms with Crippen molar-refractivity contribution >= 4 is 34.9 Å². The first kappa shape index (κ1) is 17.1. The van der Waals surface area contributed by atoms with Crippen molar-refractivity contribution in [2.45, 2.75) is 6.92 Å². The maximum absolute atomic E-state index is 11.9. The second kappa shape index (κ2) is 7.17. The van der Waals surface area contributed by atoms with Crippen LogP contribution in [-0.4, -0.2) is 51.1 Å². The van der Waals surface area contributed by atoms with Gasteiger partial charge in [-0.05, 0) is 19.1 Å². The minimum Gasteiger partial charge on any atom is -0.465 e. The summed E-state index contributed by atoms with van der Waals surface area (Å²) in [6.07, 6.45) is 0. The summed E-state index contributed by atoms with van der Waals surface area (Å²) in [5, 5.41) is 0.309. The van der Waals surface area contributed by atoms with Crippen molar-refractivity contribution in [1.29, 1.82) is 0 Å². The molecule has 0 atom stereocenters. The predicted octanol–water partition coefficient (Wildman–Crippen LogP) is 1.62. The normalized spacial score (nSPS) is 10.1. The minimum absolute atomic E-state index is 0.0967. The summed E-state index contributed by atoms with van der Waals surface area (Å²) in [5.41, 5.74) is 6.79. The van der Waals surface area contributed by atoms with Crippen LogP contribution in [0.25, 0.3) is 0 Å². The average molecular weight is 314 g/mol. The number of carbonyl (C=O) groups is 2. The third-order valence-electron chi connectivity index (χ3n) is 3.01. The smallest absolute Gasteiger partial charge is 0.340 e. The van der Waals surface area contributed by atoms with Gasteiger partial charge in [0, 0.05) is 26.3 Å². The Balaban J connectivity index is 3.31. The molecule has 0 fully saturated rings. The summed E-state index contributed by atoms with van der Waals surface area (Å²) < 4.78 is 4.76. The summed E-state index contributed by atoms with van der Waals surface area (Å²) in [6, 6.07) is 3.04. The van der Waals surface area contributed by atoms with Crippen molar-refractivity contribution in [2.75, 3.05) is 44.9 Å². The minimum atomic E-state index is -0.546. The number of benzene rings is 1. The zero-order valence-electron chi connectivity index (χ0n) is 12.6. The topological polar surface area (TPSA) is 75.9 Å². The molecule has 1 amide bonds. The molecule has 2 N–H and O–H groups in total. The number of rotatable bonds is 5. The molecule has 7 heteroatoms. The van der Waals surface area contributed by atoms with Gasteiger partial charge >= 0.3 is 5.97 Å². The molecule has 0 saturated heterocycles. The van der Waals surface area contributed by atoms with Crippen LogP contribution in [0.3, 0.4) is 0 Å². The maximum atomic E-state index is 11.9. The van der Waals surface area contributed by atoms with Gasteiger partial charge in [-0.15, -0.1) is 0 Å². The third-order valence-corrected chi connectivity index (χ3v) is 3.30. The number of anilines is 2. The first-order valence-corrected chi connectivity index (χ1v) is 6.82. The van der Waals surface area contributed by atoms with E-state index in [1.807, 2.05) is 6.92 Å². The zero-order valence-corrected chi connectivity index (χ0v) is 13.4. The molecule has 0 aliphatic carbocycles. The molecule has 0 heterocycles. The van der Waals surface area contributed by atoms with Crippen LogP contribution in [0.2, 0.25) is 5.02 Å². The molecule has 0 aliphatic heterocycles. The van der Waals surface area contributed by atoms with Gasteiger partial charge in [-0.2, -0.15) is 0 Å². The van der Waals surface area contributed by atoms with Crippen molar-refractivity contribution < 1.29 is 14.3 Å². The zero-order chi connectivity index (χ0) is 16.2. The van der Waals surface area contributed by atoms with Gasteiger partial charge in [0.2, 0.25) is 5.91 Å². The highest BCUT2D eigenvalue weighted by atomic mass is 35.5. The van der Waals surface area contributed by atoms with Crippen LogP contribution in [-0.2, 0) is 9.53 Å². The van der Waals surface area contributed by atoms with Crippen LogP contribution in [0.1, 0.15) is 17.3 Å². The molecular weight excluding hydrogens is 294 g/mol. The van der Waals surface area contributed by atoms with Crippen molar-refractivity contribution in [3.05, 3.63) is 22.7 Å². The number of carbonyl (C=O) groups excluding carboxylic acids is 2. The second-order valence-corrected chi connectivity index (χ2v) is 5.10. The van der Waals surface area contributed by atoms with Gasteiger partial charge in [0.1, 0.15) is 0 Å². The molecule has 1 aromatic carbocycles. The number of nitrogens with zero attached hydrogens (tertiary/aromatic N) is 2. The molecule has 1 aromatic rings. The number of hydrogen-bond donors (Lipinski definition) is 1. The molecule has 0 aliphatic rings. The van der Waals surface area contributed by atoms with Crippen LogP contribution < -0.4 is 10.6 Å². The van der Waals surface area contributed by atoms with E-state index in [2.05, 4.69) is 0 Å². The lowest BCUT2D eigenvalue weighted by atomic mass is 10.1. The number of esters is 1. The maximum Gasteiger partial charge on any atom is 0.340 e. The molecule has 0 bridgehead atoms. The Hall–Kier alpha value is -1.95. The number of likely N-dealkylation sites (N-methyl/N-ethyl adjacent to an activating group) is 2. The predicted molar refractivity (Wildman–Crippen MR) is 83.8 cm³/mol. The molecule has 1 rings (SSSR count). The molecule has 0 aromatic heterocycles. The van der Waals surface area contributed by atoms with Gasteiger partial charge in [0.15, 0.2) is 0 Å². The van der Waals surface area contributed by atoms with E-state index in [1.54, 1.807) is 25.1 Å². The Kier molecular flexibility index (Phi) is 5.84. The fourth-order valence-corrected chi connectivity index (χ4v) is 2.21. The Bertz CT molecular complexity index is 547. The largest absolute Gasteiger partial charge is 0.465 e. The van der Waals surface area contributed by atoms with Gasteiger partial charge in [-0.3, -0.25) is 4.79 Å². The van der Waals surface area contributed by atoms with Crippen molar-refractivity contribution in [2.24, 2.45) is 0 Å². The fourth-order valence-electron chi connectivity index (χ4n) is 1.86. The highest BCUT2D eigenvalue weighted by Gasteiger charge is 2.22. The number of ether oxygens (including phenoxy) is 1. The summed E-state index contributed by atoms with van der Waals surface area (Å²) >= 11 is 6.22. The lowest BCUT2D eigenvalue weighted by molar-refractivity contribution is -0.127. The first-order valence-electron chi connectivity index (χ1n) is 6.44. The van der Waals surface area contributed by atoms with Crippen LogP contribution in [0.15, 0.2) is 12.1 Å². The quantitative estimate of drug-likeness (QED) is 0.660. The van der Waals surface area contributed by atoms with E-state index >= 15 is 0 Å². The summed E-state index contributed by atoms with van der Waals surface area (Å²) in [5.74, 6) is -0.643. The lowest BCUT2D eigenvalue weighted by Crippen LogP contribution is -2.37. The second-order valence-electron chi connectivity index (χ2n) is 4.69. The van der Waals surface area contributed by atoms with E-state index in [1.165, 1.54) is 18.1 Å². The Morgan fingerprint density at radius 3 is 2.43 bits per heavy atom. The third kappa shape index (κ3) is 4.01. The van der Waals surface area contributed by atoms with Crippen molar-refractivity contribution in [3.8, 4) is 0 Å². The Morgan fingerprint density at radius 1 is 1.33 bits per heavy atom. The number of nitrogen functional groups attached to an aromatic ring is 1. The van der Waals surface area contributed by atoms with Gasteiger partial charge in [0.05, 0.1) is 29.9 Å². The number of halogens is 1. The standard InChI is InChI=1S/C14H20ClN3O3/c1-5-18(8-12(19)17(2)3)13-10(14(20)21-4)6-9(16)7-11(13)15/h6-7H,5,8,16H2,1-4H3. The Labute approximate surface area is 129 Å². The van der Waals surface area contributed by atoms with Gasteiger partial charge < -0.3 is 20.3 Å². The number of nitrogens with two attached hydrogens (primary N) is 1. The molecule has 0 unspecified atom stereocenters. The van der Waals surface area contributed by atoms with Gasteiger partial charge in [-0.25, -0.2) is 4.79 Å². The molecule has 6 nitrogen and oxygen atoms in total. The van der Waals surface area contributed by atoms with E-state index < -0.39 is 5.97 Å². The monoisotopic (exact) mass is 313 g/mol. The number of amides is 1. The SMILES string of the molecule is CCN(CC(=O)N(C)C)c1c(Cl)cc(N)cc1C(=O)OC. The fraction of sp³-hybridized carbons (Fsp3) is 0.429. The molecule has 0 saturated carbocycles. The van der Waals surface area contributed by atoms with Crippen LogP contribution in [0.4, 0.5) is 11.4 Å². The summed E-state index contributed by atoms with van der Waals surface area (Å²) in [4.78, 5) is 27.0. The lowest BCUT2D eigenvalue weighted by Gasteiger charge is -2.27. The van der Waals surface area contributed by atoms with Gasteiger partial charge in [-0.1, -0.05) is 11.6 Å². The van der Waals surface area contributed by atoms with E-state index in [0.717, 1.165) is 0 Å². The van der Waals surface area contributed by atoms with E-state index in [9.17, 15) is 9.59 Å². The highest BCUT2D eigenvalue weighted by molar-refractivity contribution is 6.34. The summed E-state index contributed by atoms with van der Waals surface area (Å²) in [7, 11) is 4.62. The molecule has 116 valence electrons.